The van der Waals surface area contributed by atoms with Crippen LogP contribution in [0.1, 0.15) is 24.8 Å². The maximum absolute atomic E-state index is 13.1. The maximum atomic E-state index is 13.1. The third-order valence-corrected chi connectivity index (χ3v) is 4.68. The molecule has 0 aliphatic carbocycles. The van der Waals surface area contributed by atoms with Gasteiger partial charge in [0.05, 0.1) is 36.6 Å². The largest absolute Gasteiger partial charge is 0.416 e. The number of ether oxygens (including phenoxy) is 1. The van der Waals surface area contributed by atoms with E-state index in [0.717, 1.165) is 36.3 Å². The number of nitrogens with zero attached hydrogens (tertiary/aromatic N) is 2. The number of halogens is 6. The number of piperidine rings is 1. The highest BCUT2D eigenvalue weighted by molar-refractivity contribution is 5.95. The highest BCUT2D eigenvalue weighted by atomic mass is 19.4. The van der Waals surface area contributed by atoms with E-state index < -0.39 is 36.9 Å². The monoisotopic (exact) mass is 441 g/mol. The first-order chi connectivity index (χ1) is 14.0. The van der Waals surface area contributed by atoms with Gasteiger partial charge in [-0.15, -0.1) is 0 Å². The smallest absolute Gasteiger partial charge is 0.383 e. The summed E-state index contributed by atoms with van der Waals surface area (Å²) in [7, 11) is 1.32. The predicted octanol–water partition coefficient (Wildman–Crippen LogP) is 4.14. The van der Waals surface area contributed by atoms with Crippen LogP contribution in [0.3, 0.4) is 0 Å². The molecule has 1 amide bonds. The molecule has 5 nitrogen and oxygen atoms in total. The van der Waals surface area contributed by atoms with Crippen LogP contribution in [0.15, 0.2) is 18.2 Å². The van der Waals surface area contributed by atoms with E-state index in [2.05, 4.69) is 5.32 Å². The van der Waals surface area contributed by atoms with E-state index in [-0.39, 0.29) is 18.8 Å². The molecule has 1 aliphatic rings. The average molecular weight is 441 g/mol. The Kier molecular flexibility index (Phi) is 8.36. The first-order valence-corrected chi connectivity index (χ1v) is 9.53. The third-order valence-electron chi connectivity index (χ3n) is 4.68. The van der Waals surface area contributed by atoms with Crippen LogP contribution in [0.25, 0.3) is 0 Å². The van der Waals surface area contributed by atoms with Gasteiger partial charge in [-0.2, -0.15) is 26.3 Å². The Bertz CT molecular complexity index is 702. The number of hydrogen-bond donors (Lipinski definition) is 1. The average Bonchev–Trinajstić information content (AvgIpc) is 2.64. The number of methoxy groups -OCH3 is 1. The van der Waals surface area contributed by atoms with Gasteiger partial charge < -0.3 is 15.0 Å². The van der Waals surface area contributed by atoms with Crippen molar-refractivity contribution in [1.29, 1.82) is 0 Å². The standard InChI is InChI=1S/C19H25F6N3O2/c1-30-10-9-27(13-18(20,21)22)12-17(29)26-15-11-14(19(23,24)25)5-6-16(15)28-7-3-2-4-8-28/h5-6,11H,2-4,7-10,12-13H2,1H3,(H,26,29). The van der Waals surface area contributed by atoms with Crippen LogP contribution in [0.2, 0.25) is 0 Å². The Morgan fingerprint density at radius 3 is 2.37 bits per heavy atom. The molecule has 11 heteroatoms. The lowest BCUT2D eigenvalue weighted by Gasteiger charge is -2.31. The van der Waals surface area contributed by atoms with Crippen LogP contribution in [0.5, 0.6) is 0 Å². The molecule has 0 atom stereocenters. The van der Waals surface area contributed by atoms with Crippen molar-refractivity contribution in [3.05, 3.63) is 23.8 Å². The highest BCUT2D eigenvalue weighted by Crippen LogP contribution is 2.36. The number of benzene rings is 1. The van der Waals surface area contributed by atoms with Gasteiger partial charge in [0.1, 0.15) is 0 Å². The van der Waals surface area contributed by atoms with Crippen LogP contribution in [-0.2, 0) is 15.7 Å². The fourth-order valence-electron chi connectivity index (χ4n) is 3.30. The minimum Gasteiger partial charge on any atom is -0.383 e. The van der Waals surface area contributed by atoms with Gasteiger partial charge in [0.25, 0.3) is 0 Å². The van der Waals surface area contributed by atoms with Gasteiger partial charge >= 0.3 is 12.4 Å². The molecule has 170 valence electrons. The normalized spacial score (nSPS) is 15.5. The Hall–Kier alpha value is -2.01. The molecule has 30 heavy (non-hydrogen) atoms. The lowest BCUT2D eigenvalue weighted by molar-refractivity contribution is -0.149. The number of carbonyl (C=O) groups is 1. The molecular formula is C19H25F6N3O2. The van der Waals surface area contributed by atoms with Gasteiger partial charge in [0, 0.05) is 26.7 Å². The van der Waals surface area contributed by atoms with Gasteiger partial charge in [-0.3, -0.25) is 9.69 Å². The molecule has 1 fully saturated rings. The lowest BCUT2D eigenvalue weighted by atomic mass is 10.1. The lowest BCUT2D eigenvalue weighted by Crippen LogP contribution is -2.41. The summed E-state index contributed by atoms with van der Waals surface area (Å²) in [5.74, 6) is -0.826. The van der Waals surface area contributed by atoms with Crippen LogP contribution in [0, 0.1) is 0 Å². The maximum Gasteiger partial charge on any atom is 0.416 e. The molecular weight excluding hydrogens is 416 g/mol. The fourth-order valence-corrected chi connectivity index (χ4v) is 3.30. The summed E-state index contributed by atoms with van der Waals surface area (Å²) >= 11 is 0. The zero-order chi connectivity index (χ0) is 22.4. The molecule has 1 aromatic carbocycles. The van der Waals surface area contributed by atoms with E-state index in [1.165, 1.54) is 13.2 Å². The van der Waals surface area contributed by atoms with Crippen molar-refractivity contribution in [3.8, 4) is 0 Å². The molecule has 0 bridgehead atoms. The minimum atomic E-state index is -4.61. The van der Waals surface area contributed by atoms with Crippen molar-refractivity contribution in [2.24, 2.45) is 0 Å². The van der Waals surface area contributed by atoms with E-state index in [1.54, 1.807) is 0 Å². The van der Waals surface area contributed by atoms with Crippen molar-refractivity contribution in [2.75, 3.05) is 56.7 Å². The molecule has 1 saturated heterocycles. The molecule has 0 spiro atoms. The van der Waals surface area contributed by atoms with Gasteiger partial charge in [0.2, 0.25) is 5.91 Å². The number of carbonyl (C=O) groups excluding carboxylic acids is 1. The number of alkyl halides is 6. The summed E-state index contributed by atoms with van der Waals surface area (Å²) in [5.41, 5.74) is -0.573. The molecule has 1 heterocycles. The third kappa shape index (κ3) is 7.67. The molecule has 0 unspecified atom stereocenters. The topological polar surface area (TPSA) is 44.8 Å². The zero-order valence-corrected chi connectivity index (χ0v) is 16.6. The van der Waals surface area contributed by atoms with E-state index in [0.29, 0.717) is 18.8 Å². The molecule has 1 aliphatic heterocycles. The summed E-state index contributed by atoms with van der Waals surface area (Å²) < 4.78 is 82.5. The Labute approximate surface area is 171 Å². The van der Waals surface area contributed by atoms with Crippen molar-refractivity contribution in [3.63, 3.8) is 0 Å². The summed E-state index contributed by atoms with van der Waals surface area (Å²) in [5, 5.41) is 2.38. The van der Waals surface area contributed by atoms with Crippen LogP contribution >= 0.6 is 0 Å². The number of anilines is 2. The highest BCUT2D eigenvalue weighted by Gasteiger charge is 2.33. The van der Waals surface area contributed by atoms with E-state index >= 15 is 0 Å². The molecule has 0 saturated carbocycles. The minimum absolute atomic E-state index is 0.0219. The van der Waals surface area contributed by atoms with Gasteiger partial charge in [-0.05, 0) is 37.5 Å². The molecule has 1 N–H and O–H groups in total. The Morgan fingerprint density at radius 2 is 1.80 bits per heavy atom. The summed E-state index contributed by atoms with van der Waals surface area (Å²) in [6.45, 7) is -0.870. The second-order valence-electron chi connectivity index (χ2n) is 7.14. The second-order valence-corrected chi connectivity index (χ2v) is 7.14. The van der Waals surface area contributed by atoms with Crippen LogP contribution < -0.4 is 10.2 Å². The Morgan fingerprint density at radius 1 is 1.13 bits per heavy atom. The Balaban J connectivity index is 2.21. The van der Waals surface area contributed by atoms with Crippen molar-refractivity contribution in [1.82, 2.24) is 4.90 Å². The van der Waals surface area contributed by atoms with E-state index in [4.69, 9.17) is 4.74 Å². The summed E-state index contributed by atoms with van der Waals surface area (Å²) in [6.07, 6.45) is -6.40. The van der Waals surface area contributed by atoms with Gasteiger partial charge in [-0.1, -0.05) is 0 Å². The van der Waals surface area contributed by atoms with Crippen molar-refractivity contribution < 1.29 is 35.9 Å². The first-order valence-electron chi connectivity index (χ1n) is 9.53. The molecule has 2 rings (SSSR count). The number of hydrogen-bond acceptors (Lipinski definition) is 4. The zero-order valence-electron chi connectivity index (χ0n) is 16.6. The number of rotatable bonds is 8. The first kappa shape index (κ1) is 24.3. The van der Waals surface area contributed by atoms with Crippen molar-refractivity contribution in [2.45, 2.75) is 31.6 Å². The number of amides is 1. The summed E-state index contributed by atoms with van der Waals surface area (Å²) in [6, 6.07) is 3.06. The predicted molar refractivity (Wildman–Crippen MR) is 101 cm³/mol. The molecule has 1 aromatic rings. The van der Waals surface area contributed by atoms with E-state index in [1.807, 2.05) is 4.90 Å². The van der Waals surface area contributed by atoms with Gasteiger partial charge in [0.15, 0.2) is 0 Å². The summed E-state index contributed by atoms with van der Waals surface area (Å²) in [4.78, 5) is 15.1. The van der Waals surface area contributed by atoms with Crippen LogP contribution in [-0.4, -0.2) is 63.4 Å². The van der Waals surface area contributed by atoms with Crippen molar-refractivity contribution >= 4 is 17.3 Å². The van der Waals surface area contributed by atoms with Gasteiger partial charge in [-0.25, -0.2) is 0 Å². The van der Waals surface area contributed by atoms with Crippen LogP contribution in [0.4, 0.5) is 37.7 Å². The SMILES string of the molecule is COCCN(CC(=O)Nc1cc(C(F)(F)F)ccc1N1CCCCC1)CC(F)(F)F. The molecule has 0 radical (unpaired) electrons. The number of nitrogens with one attached hydrogen (secondary N) is 1. The quantitative estimate of drug-likeness (QED) is 0.616. The molecule has 0 aromatic heterocycles. The fraction of sp³-hybridized carbons (Fsp3) is 0.632. The second kappa shape index (κ2) is 10.3. The van der Waals surface area contributed by atoms with E-state index in [9.17, 15) is 31.1 Å².